The lowest BCUT2D eigenvalue weighted by molar-refractivity contribution is -0.142. The van der Waals surface area contributed by atoms with Crippen molar-refractivity contribution < 1.29 is 9.53 Å². The first-order valence-corrected chi connectivity index (χ1v) is 6.26. The van der Waals surface area contributed by atoms with Crippen molar-refractivity contribution in [2.45, 2.75) is 45.7 Å². The Morgan fingerprint density at radius 2 is 2.06 bits per heavy atom. The number of hydrogen-bond acceptors (Lipinski definition) is 4. The molecule has 4 heteroatoms. The Morgan fingerprint density at radius 1 is 1.44 bits per heavy atom. The fourth-order valence-electron chi connectivity index (χ4n) is 2.06. The van der Waals surface area contributed by atoms with E-state index in [2.05, 4.69) is 24.1 Å². The molecular weight excluding hydrogens is 204 g/mol. The summed E-state index contributed by atoms with van der Waals surface area (Å²) >= 11 is 0. The minimum absolute atomic E-state index is 0.145. The molecule has 1 heterocycles. The van der Waals surface area contributed by atoms with E-state index in [1.54, 1.807) is 0 Å². The van der Waals surface area contributed by atoms with Crippen LogP contribution in [0.15, 0.2) is 0 Å². The van der Waals surface area contributed by atoms with Crippen LogP contribution in [0.3, 0.4) is 0 Å². The Kier molecular flexibility index (Phi) is 5.77. The van der Waals surface area contributed by atoms with Crippen molar-refractivity contribution in [1.82, 2.24) is 10.2 Å². The SMILES string of the molecule is CCOC(=O)CNC1CCN(C(C)C)CC1. The van der Waals surface area contributed by atoms with E-state index in [0.29, 0.717) is 25.2 Å². The van der Waals surface area contributed by atoms with Crippen molar-refractivity contribution in [2.75, 3.05) is 26.2 Å². The summed E-state index contributed by atoms with van der Waals surface area (Å²) in [6.07, 6.45) is 2.25. The summed E-state index contributed by atoms with van der Waals surface area (Å²) in [5.41, 5.74) is 0. The number of rotatable bonds is 5. The van der Waals surface area contributed by atoms with Gasteiger partial charge in [0.2, 0.25) is 0 Å². The minimum atomic E-state index is -0.145. The number of likely N-dealkylation sites (tertiary alicyclic amines) is 1. The second-order valence-electron chi connectivity index (χ2n) is 4.59. The second-order valence-corrected chi connectivity index (χ2v) is 4.59. The molecule has 1 fully saturated rings. The Morgan fingerprint density at radius 3 is 2.56 bits per heavy atom. The number of hydrogen-bond donors (Lipinski definition) is 1. The molecular formula is C12H24N2O2. The standard InChI is InChI=1S/C12H24N2O2/c1-4-16-12(15)9-13-11-5-7-14(8-6-11)10(2)3/h10-11,13H,4-9H2,1-3H3. The number of ether oxygens (including phenoxy) is 1. The Balaban J connectivity index is 2.15. The number of carbonyl (C=O) groups excluding carboxylic acids is 1. The topological polar surface area (TPSA) is 41.6 Å². The largest absolute Gasteiger partial charge is 0.465 e. The number of esters is 1. The number of nitrogens with zero attached hydrogens (tertiary/aromatic N) is 1. The molecule has 0 aromatic rings. The average molecular weight is 228 g/mol. The van der Waals surface area contributed by atoms with E-state index in [1.165, 1.54) is 0 Å². The molecule has 0 spiro atoms. The first-order valence-electron chi connectivity index (χ1n) is 6.26. The van der Waals surface area contributed by atoms with Gasteiger partial charge in [0, 0.05) is 12.1 Å². The van der Waals surface area contributed by atoms with Gasteiger partial charge in [0.15, 0.2) is 0 Å². The van der Waals surface area contributed by atoms with Crippen LogP contribution in [0.25, 0.3) is 0 Å². The van der Waals surface area contributed by atoms with Crippen LogP contribution in [-0.4, -0.2) is 49.2 Å². The lowest BCUT2D eigenvalue weighted by Crippen LogP contribution is -2.46. The predicted octanol–water partition coefficient (Wildman–Crippen LogP) is 1.01. The van der Waals surface area contributed by atoms with E-state index in [1.807, 2.05) is 6.92 Å². The van der Waals surface area contributed by atoms with Crippen LogP contribution < -0.4 is 5.32 Å². The van der Waals surface area contributed by atoms with Gasteiger partial charge in [-0.25, -0.2) is 0 Å². The van der Waals surface area contributed by atoms with Gasteiger partial charge in [-0.1, -0.05) is 0 Å². The van der Waals surface area contributed by atoms with Gasteiger partial charge < -0.3 is 15.0 Å². The van der Waals surface area contributed by atoms with Gasteiger partial charge in [-0.2, -0.15) is 0 Å². The molecule has 0 amide bonds. The van der Waals surface area contributed by atoms with Crippen LogP contribution in [0.1, 0.15) is 33.6 Å². The molecule has 1 aliphatic heterocycles. The van der Waals surface area contributed by atoms with E-state index in [0.717, 1.165) is 25.9 Å². The monoisotopic (exact) mass is 228 g/mol. The molecule has 4 nitrogen and oxygen atoms in total. The Hall–Kier alpha value is -0.610. The predicted molar refractivity (Wildman–Crippen MR) is 64.4 cm³/mol. The van der Waals surface area contributed by atoms with Gasteiger partial charge in [-0.05, 0) is 46.7 Å². The highest BCUT2D eigenvalue weighted by Crippen LogP contribution is 2.12. The van der Waals surface area contributed by atoms with Crippen molar-refractivity contribution in [1.29, 1.82) is 0 Å². The second kappa shape index (κ2) is 6.86. The van der Waals surface area contributed by atoms with Crippen LogP contribution in [0.5, 0.6) is 0 Å². The molecule has 1 aliphatic rings. The fourth-order valence-corrected chi connectivity index (χ4v) is 2.06. The molecule has 0 radical (unpaired) electrons. The fraction of sp³-hybridized carbons (Fsp3) is 0.917. The Bertz CT molecular complexity index is 211. The number of nitrogens with one attached hydrogen (secondary N) is 1. The van der Waals surface area contributed by atoms with Gasteiger partial charge >= 0.3 is 5.97 Å². The third-order valence-corrected chi connectivity index (χ3v) is 3.10. The lowest BCUT2D eigenvalue weighted by Gasteiger charge is -2.34. The van der Waals surface area contributed by atoms with Gasteiger partial charge in [0.25, 0.3) is 0 Å². The van der Waals surface area contributed by atoms with Crippen molar-refractivity contribution in [3.05, 3.63) is 0 Å². The summed E-state index contributed by atoms with van der Waals surface area (Å²) in [5, 5.41) is 3.26. The molecule has 0 aliphatic carbocycles. The van der Waals surface area contributed by atoms with Gasteiger partial charge in [-0.15, -0.1) is 0 Å². The summed E-state index contributed by atoms with van der Waals surface area (Å²) in [7, 11) is 0. The van der Waals surface area contributed by atoms with Crippen LogP contribution in [0.4, 0.5) is 0 Å². The van der Waals surface area contributed by atoms with Crippen LogP contribution >= 0.6 is 0 Å². The van der Waals surface area contributed by atoms with E-state index in [9.17, 15) is 4.79 Å². The molecule has 0 bridgehead atoms. The quantitative estimate of drug-likeness (QED) is 0.713. The summed E-state index contributed by atoms with van der Waals surface area (Å²) in [6, 6.07) is 1.10. The summed E-state index contributed by atoms with van der Waals surface area (Å²) in [5.74, 6) is -0.145. The molecule has 0 saturated carbocycles. The van der Waals surface area contributed by atoms with Crippen molar-refractivity contribution in [3.8, 4) is 0 Å². The van der Waals surface area contributed by atoms with Crippen molar-refractivity contribution in [3.63, 3.8) is 0 Å². The maximum Gasteiger partial charge on any atom is 0.319 e. The summed E-state index contributed by atoms with van der Waals surface area (Å²) in [4.78, 5) is 13.6. The summed E-state index contributed by atoms with van der Waals surface area (Å²) < 4.78 is 4.88. The normalized spacial score (nSPS) is 19.0. The zero-order valence-electron chi connectivity index (χ0n) is 10.7. The first kappa shape index (κ1) is 13.5. The van der Waals surface area contributed by atoms with E-state index < -0.39 is 0 Å². The van der Waals surface area contributed by atoms with Crippen LogP contribution in [0.2, 0.25) is 0 Å². The molecule has 1 rings (SSSR count). The van der Waals surface area contributed by atoms with E-state index >= 15 is 0 Å². The van der Waals surface area contributed by atoms with E-state index in [-0.39, 0.29) is 5.97 Å². The Labute approximate surface area is 98.3 Å². The minimum Gasteiger partial charge on any atom is -0.465 e. The van der Waals surface area contributed by atoms with Crippen LogP contribution in [0, 0.1) is 0 Å². The maximum atomic E-state index is 11.2. The molecule has 0 aromatic carbocycles. The van der Waals surface area contributed by atoms with E-state index in [4.69, 9.17) is 4.74 Å². The average Bonchev–Trinajstić information content (AvgIpc) is 2.27. The van der Waals surface area contributed by atoms with Gasteiger partial charge in [-0.3, -0.25) is 4.79 Å². The lowest BCUT2D eigenvalue weighted by atomic mass is 10.0. The molecule has 1 N–H and O–H groups in total. The molecule has 0 unspecified atom stereocenters. The maximum absolute atomic E-state index is 11.2. The number of carbonyl (C=O) groups is 1. The van der Waals surface area contributed by atoms with Crippen molar-refractivity contribution in [2.24, 2.45) is 0 Å². The molecule has 0 atom stereocenters. The first-order chi connectivity index (χ1) is 7.63. The molecule has 0 aromatic heterocycles. The zero-order valence-corrected chi connectivity index (χ0v) is 10.7. The van der Waals surface area contributed by atoms with Gasteiger partial charge in [0.1, 0.15) is 0 Å². The zero-order chi connectivity index (χ0) is 12.0. The van der Waals surface area contributed by atoms with Crippen molar-refractivity contribution >= 4 is 5.97 Å². The highest BCUT2D eigenvalue weighted by Gasteiger charge is 2.20. The third-order valence-electron chi connectivity index (χ3n) is 3.10. The third kappa shape index (κ3) is 4.49. The number of piperidine rings is 1. The smallest absolute Gasteiger partial charge is 0.319 e. The van der Waals surface area contributed by atoms with Gasteiger partial charge in [0.05, 0.1) is 13.2 Å². The highest BCUT2D eigenvalue weighted by molar-refractivity contribution is 5.71. The molecule has 1 saturated heterocycles. The highest BCUT2D eigenvalue weighted by atomic mass is 16.5. The van der Waals surface area contributed by atoms with Crippen LogP contribution in [-0.2, 0) is 9.53 Å². The molecule has 94 valence electrons. The summed E-state index contributed by atoms with van der Waals surface area (Å²) in [6.45, 7) is 9.35. The molecule has 16 heavy (non-hydrogen) atoms.